The van der Waals surface area contributed by atoms with E-state index >= 15 is 0 Å². The Labute approximate surface area is 176 Å². The number of aliphatic hydroxyl groups excluding tert-OH is 1. The molecule has 3 rings (SSSR count). The van der Waals surface area contributed by atoms with Crippen molar-refractivity contribution in [3.8, 4) is 0 Å². The minimum absolute atomic E-state index is 0.0858. The lowest BCUT2D eigenvalue weighted by Gasteiger charge is -2.25. The average Bonchev–Trinajstić information content (AvgIpc) is 3.01. The third-order valence-electron chi connectivity index (χ3n) is 5.07. The Kier molecular flexibility index (Phi) is 6.10. The van der Waals surface area contributed by atoms with Crippen LogP contribution in [0.5, 0.6) is 0 Å². The van der Waals surface area contributed by atoms with Crippen LogP contribution in [0.1, 0.15) is 36.9 Å². The van der Waals surface area contributed by atoms with Crippen molar-refractivity contribution in [2.24, 2.45) is 0 Å². The van der Waals surface area contributed by atoms with E-state index in [9.17, 15) is 34.9 Å². The summed E-state index contributed by atoms with van der Waals surface area (Å²) in [4.78, 5) is 48.1. The molecule has 2 aromatic rings. The molecule has 0 spiro atoms. The number of nitro benzene ring substituents is 2. The minimum atomic E-state index is -1.15. The van der Waals surface area contributed by atoms with E-state index < -0.39 is 33.3 Å². The van der Waals surface area contributed by atoms with E-state index in [0.717, 1.165) is 18.6 Å². The number of aliphatic hydroxyl groups is 1. The predicted octanol–water partition coefficient (Wildman–Crippen LogP) is 3.72. The SMILES string of the molecule is CCCCN1C(=O)C(=O)/C(=C(/O)c2ccc([N+](=O)[O-])cc2)[C@H]1c1ccccc1[N+](=O)[O-]. The first-order valence-electron chi connectivity index (χ1n) is 9.54. The lowest BCUT2D eigenvalue weighted by Crippen LogP contribution is -2.30. The first kappa shape index (κ1) is 21.6. The summed E-state index contributed by atoms with van der Waals surface area (Å²) in [5, 5.41) is 33.3. The molecule has 160 valence electrons. The second-order valence-electron chi connectivity index (χ2n) is 6.97. The van der Waals surface area contributed by atoms with Crippen molar-refractivity contribution in [3.63, 3.8) is 0 Å². The average molecular weight is 425 g/mol. The van der Waals surface area contributed by atoms with E-state index in [1.165, 1.54) is 35.2 Å². The normalized spacial score (nSPS) is 17.7. The van der Waals surface area contributed by atoms with Crippen molar-refractivity contribution in [3.05, 3.63) is 85.5 Å². The maximum absolute atomic E-state index is 12.8. The number of hydrogen-bond donors (Lipinski definition) is 1. The highest BCUT2D eigenvalue weighted by molar-refractivity contribution is 6.46. The fourth-order valence-corrected chi connectivity index (χ4v) is 3.54. The Morgan fingerprint density at radius 2 is 1.68 bits per heavy atom. The van der Waals surface area contributed by atoms with Gasteiger partial charge in [-0.1, -0.05) is 25.5 Å². The van der Waals surface area contributed by atoms with Crippen LogP contribution in [0.2, 0.25) is 0 Å². The van der Waals surface area contributed by atoms with Gasteiger partial charge in [-0.25, -0.2) is 0 Å². The predicted molar refractivity (Wildman–Crippen MR) is 110 cm³/mol. The summed E-state index contributed by atoms with van der Waals surface area (Å²) in [6.07, 6.45) is 1.27. The quantitative estimate of drug-likeness (QED) is 0.234. The number of para-hydroxylation sites is 1. The first-order valence-corrected chi connectivity index (χ1v) is 9.54. The summed E-state index contributed by atoms with van der Waals surface area (Å²) in [7, 11) is 0. The van der Waals surface area contributed by atoms with Crippen molar-refractivity contribution >= 4 is 28.8 Å². The number of carbonyl (C=O) groups is 2. The second-order valence-corrected chi connectivity index (χ2v) is 6.97. The Morgan fingerprint density at radius 1 is 1.03 bits per heavy atom. The number of ketones is 1. The van der Waals surface area contributed by atoms with Crippen molar-refractivity contribution < 1.29 is 24.5 Å². The molecule has 31 heavy (non-hydrogen) atoms. The van der Waals surface area contributed by atoms with Crippen molar-refractivity contribution in [1.29, 1.82) is 0 Å². The molecule has 1 N–H and O–H groups in total. The standard InChI is InChI=1S/C21H19N3O7/c1-2-3-12-22-18(15-6-4-5-7-16(15)24(30)31)17(20(26)21(22)27)19(25)13-8-10-14(11-9-13)23(28)29/h4-11,18,25H,2-3,12H2,1H3/b19-17+/t18-/m1/s1. The Bertz CT molecular complexity index is 1090. The van der Waals surface area contributed by atoms with Crippen LogP contribution in [0.25, 0.3) is 5.76 Å². The fourth-order valence-electron chi connectivity index (χ4n) is 3.54. The third-order valence-corrected chi connectivity index (χ3v) is 5.07. The molecule has 1 amide bonds. The van der Waals surface area contributed by atoms with Gasteiger partial charge in [-0.05, 0) is 24.6 Å². The van der Waals surface area contributed by atoms with Gasteiger partial charge in [0.25, 0.3) is 23.1 Å². The van der Waals surface area contributed by atoms with Crippen LogP contribution in [0.4, 0.5) is 11.4 Å². The lowest BCUT2D eigenvalue weighted by atomic mass is 9.94. The van der Waals surface area contributed by atoms with Crippen LogP contribution in [-0.2, 0) is 9.59 Å². The van der Waals surface area contributed by atoms with E-state index in [4.69, 9.17) is 0 Å². The van der Waals surface area contributed by atoms with Gasteiger partial charge >= 0.3 is 0 Å². The number of carbonyl (C=O) groups excluding carboxylic acids is 2. The van der Waals surface area contributed by atoms with Gasteiger partial charge in [0.05, 0.1) is 27.0 Å². The lowest BCUT2D eigenvalue weighted by molar-refractivity contribution is -0.385. The molecular formula is C21H19N3O7. The summed E-state index contributed by atoms with van der Waals surface area (Å²) >= 11 is 0. The molecule has 2 aromatic carbocycles. The van der Waals surface area contributed by atoms with Gasteiger partial charge in [-0.3, -0.25) is 29.8 Å². The van der Waals surface area contributed by atoms with E-state index in [1.807, 2.05) is 6.92 Å². The highest BCUT2D eigenvalue weighted by Gasteiger charge is 2.47. The number of nitrogens with zero attached hydrogens (tertiary/aromatic N) is 3. The number of likely N-dealkylation sites (tertiary alicyclic amines) is 1. The molecule has 1 fully saturated rings. The largest absolute Gasteiger partial charge is 0.507 e. The van der Waals surface area contributed by atoms with Crippen LogP contribution in [0.3, 0.4) is 0 Å². The van der Waals surface area contributed by atoms with Crippen molar-refractivity contribution in [2.75, 3.05) is 6.54 Å². The zero-order chi connectivity index (χ0) is 22.7. The van der Waals surface area contributed by atoms with Crippen LogP contribution >= 0.6 is 0 Å². The molecule has 1 saturated heterocycles. The number of Topliss-reactive ketones (excluding diaryl/α,β-unsaturated/α-hetero) is 1. The van der Waals surface area contributed by atoms with E-state index in [1.54, 1.807) is 6.07 Å². The molecule has 0 aromatic heterocycles. The van der Waals surface area contributed by atoms with Gasteiger partial charge in [0.15, 0.2) is 0 Å². The van der Waals surface area contributed by atoms with E-state index in [2.05, 4.69) is 0 Å². The minimum Gasteiger partial charge on any atom is -0.507 e. The monoisotopic (exact) mass is 425 g/mol. The zero-order valence-corrected chi connectivity index (χ0v) is 16.6. The first-order chi connectivity index (χ1) is 14.8. The number of non-ortho nitro benzene ring substituents is 1. The number of benzene rings is 2. The summed E-state index contributed by atoms with van der Waals surface area (Å²) in [5.41, 5.74) is -0.598. The van der Waals surface area contributed by atoms with E-state index in [0.29, 0.717) is 6.42 Å². The van der Waals surface area contributed by atoms with Gasteiger partial charge in [0, 0.05) is 30.3 Å². The smallest absolute Gasteiger partial charge is 0.295 e. The topological polar surface area (TPSA) is 144 Å². The molecule has 1 atom stereocenters. The summed E-state index contributed by atoms with van der Waals surface area (Å²) in [5.74, 6) is -2.37. The van der Waals surface area contributed by atoms with Gasteiger partial charge in [0.2, 0.25) is 0 Å². The highest BCUT2D eigenvalue weighted by Crippen LogP contribution is 2.42. The van der Waals surface area contributed by atoms with Crippen molar-refractivity contribution in [2.45, 2.75) is 25.8 Å². The number of amides is 1. The Hall–Kier alpha value is -4.08. The van der Waals surface area contributed by atoms with Gasteiger partial charge in [-0.2, -0.15) is 0 Å². The Morgan fingerprint density at radius 3 is 2.26 bits per heavy atom. The van der Waals surface area contributed by atoms with Gasteiger partial charge in [-0.15, -0.1) is 0 Å². The maximum atomic E-state index is 12.8. The van der Waals surface area contributed by atoms with Crippen LogP contribution in [-0.4, -0.2) is 38.1 Å². The number of nitro groups is 2. The molecule has 0 aliphatic carbocycles. The highest BCUT2D eigenvalue weighted by atomic mass is 16.6. The molecule has 1 heterocycles. The van der Waals surface area contributed by atoms with Crippen LogP contribution in [0.15, 0.2) is 54.1 Å². The molecule has 10 nitrogen and oxygen atoms in total. The molecule has 10 heteroatoms. The second kappa shape index (κ2) is 8.74. The molecule has 0 saturated carbocycles. The molecule has 0 radical (unpaired) electrons. The molecule has 1 aliphatic rings. The van der Waals surface area contributed by atoms with Gasteiger partial charge < -0.3 is 10.0 Å². The fraction of sp³-hybridized carbons (Fsp3) is 0.238. The van der Waals surface area contributed by atoms with E-state index in [-0.39, 0.29) is 34.6 Å². The number of unbranched alkanes of at least 4 members (excludes halogenated alkanes) is 1. The number of rotatable bonds is 7. The van der Waals surface area contributed by atoms with Crippen LogP contribution < -0.4 is 0 Å². The van der Waals surface area contributed by atoms with Gasteiger partial charge in [0.1, 0.15) is 5.76 Å². The van der Waals surface area contributed by atoms with Crippen molar-refractivity contribution in [1.82, 2.24) is 4.90 Å². The maximum Gasteiger partial charge on any atom is 0.295 e. The summed E-state index contributed by atoms with van der Waals surface area (Å²) in [6.45, 7) is 2.07. The third kappa shape index (κ3) is 4.00. The van der Waals surface area contributed by atoms with Crippen LogP contribution in [0, 0.1) is 20.2 Å². The number of hydrogen-bond acceptors (Lipinski definition) is 7. The summed E-state index contributed by atoms with van der Waals surface area (Å²) in [6, 6.07) is 9.39. The molecule has 0 bridgehead atoms. The molecule has 0 unspecified atom stereocenters. The molecule has 1 aliphatic heterocycles. The Balaban J connectivity index is 2.21. The molecular weight excluding hydrogens is 406 g/mol. The summed E-state index contributed by atoms with van der Waals surface area (Å²) < 4.78 is 0. The zero-order valence-electron chi connectivity index (χ0n) is 16.6.